The maximum Gasteiger partial charge on any atom is 0.0372 e. The Morgan fingerprint density at radius 2 is 2.36 bits per heavy atom. The molecule has 0 atom stereocenters. The van der Waals surface area contributed by atoms with Gasteiger partial charge >= 0.3 is 0 Å². The van der Waals surface area contributed by atoms with Gasteiger partial charge in [0.2, 0.25) is 0 Å². The highest BCUT2D eigenvalue weighted by Crippen LogP contribution is 2.51. The van der Waals surface area contributed by atoms with E-state index < -0.39 is 0 Å². The van der Waals surface area contributed by atoms with Gasteiger partial charge in [0.25, 0.3) is 0 Å². The predicted octanol–water partition coefficient (Wildman–Crippen LogP) is 2.84. The van der Waals surface area contributed by atoms with Gasteiger partial charge in [-0.25, -0.2) is 0 Å². The van der Waals surface area contributed by atoms with E-state index in [1.54, 1.807) is 0 Å². The first-order valence-corrected chi connectivity index (χ1v) is 4.91. The Hall–Kier alpha value is -0.370. The topological polar surface area (TPSA) is 14.1 Å². The second-order valence-corrected chi connectivity index (χ2v) is 4.41. The number of hydrogen-bond donors (Lipinski definition) is 0. The Labute approximate surface area is 71.9 Å². The van der Waals surface area contributed by atoms with Crippen molar-refractivity contribution in [3.05, 3.63) is 22.7 Å². The third kappa shape index (κ3) is 1.20. The average molecular weight is 166 g/mol. The average Bonchev–Trinajstić information content (AvgIpc) is 2.02. The Bertz CT molecular complexity index is 214. The molecule has 1 aliphatic carbocycles. The summed E-state index contributed by atoms with van der Waals surface area (Å²) in [4.78, 5) is 1.45. The summed E-state index contributed by atoms with van der Waals surface area (Å²) < 4.78 is 0. The summed E-state index contributed by atoms with van der Waals surface area (Å²) in [6.45, 7) is 2.34. The van der Waals surface area contributed by atoms with Crippen LogP contribution in [0.5, 0.6) is 0 Å². The summed E-state index contributed by atoms with van der Waals surface area (Å²) in [5, 5.41) is 6.21. The lowest BCUT2D eigenvalue weighted by molar-refractivity contribution is 0.227. The van der Waals surface area contributed by atoms with Gasteiger partial charge in [0, 0.05) is 22.7 Å². The molecule has 2 aliphatic rings. The highest BCUT2D eigenvalue weighted by molar-refractivity contribution is 8.05. The summed E-state index contributed by atoms with van der Waals surface area (Å²) >= 11 is 1.83. The van der Waals surface area contributed by atoms with Gasteiger partial charge in [-0.15, -0.1) is 0 Å². The Balaban J connectivity index is 2.09. The van der Waals surface area contributed by atoms with Crippen LogP contribution in [0.15, 0.2) is 22.7 Å². The lowest BCUT2D eigenvalue weighted by atomic mass is 9.70. The third-order valence-electron chi connectivity index (χ3n) is 2.59. The molecule has 0 amide bonds. The van der Waals surface area contributed by atoms with Crippen molar-refractivity contribution in [3.63, 3.8) is 0 Å². The van der Waals surface area contributed by atoms with Crippen LogP contribution in [0.1, 0.15) is 26.2 Å². The first-order valence-electron chi connectivity index (χ1n) is 4.04. The van der Waals surface area contributed by atoms with Crippen LogP contribution < -0.4 is 5.32 Å². The monoisotopic (exact) mass is 166 g/mol. The van der Waals surface area contributed by atoms with Gasteiger partial charge < -0.3 is 0 Å². The van der Waals surface area contributed by atoms with Crippen molar-refractivity contribution < 1.29 is 0 Å². The highest BCUT2D eigenvalue weighted by atomic mass is 32.2. The van der Waals surface area contributed by atoms with Crippen molar-refractivity contribution in [1.82, 2.24) is 5.32 Å². The van der Waals surface area contributed by atoms with E-state index in [-0.39, 0.29) is 0 Å². The van der Waals surface area contributed by atoms with Crippen LogP contribution in [0.25, 0.3) is 0 Å². The second-order valence-electron chi connectivity index (χ2n) is 3.46. The van der Waals surface area contributed by atoms with Crippen LogP contribution in [0.4, 0.5) is 0 Å². The van der Waals surface area contributed by atoms with E-state index in [0.717, 1.165) is 0 Å². The molecule has 1 heterocycles. The smallest absolute Gasteiger partial charge is 0.0372 e. The van der Waals surface area contributed by atoms with Crippen molar-refractivity contribution in [2.45, 2.75) is 26.2 Å². The van der Waals surface area contributed by atoms with E-state index in [0.29, 0.717) is 5.41 Å². The van der Waals surface area contributed by atoms with Crippen molar-refractivity contribution in [2.24, 2.45) is 5.41 Å². The molecular weight excluding hydrogens is 154 g/mol. The van der Waals surface area contributed by atoms with Crippen LogP contribution in [0.2, 0.25) is 0 Å². The highest BCUT2D eigenvalue weighted by Gasteiger charge is 2.36. The summed E-state index contributed by atoms with van der Waals surface area (Å²) in [6.07, 6.45) is 7.95. The minimum absolute atomic E-state index is 0.471. The van der Waals surface area contributed by atoms with E-state index in [2.05, 4.69) is 17.6 Å². The molecule has 0 aromatic heterocycles. The zero-order valence-electron chi connectivity index (χ0n) is 6.71. The Morgan fingerprint density at radius 3 is 2.82 bits per heavy atom. The fraction of sp³-hybridized carbons (Fsp3) is 0.556. The molecule has 1 radical (unpaired) electrons. The zero-order valence-corrected chi connectivity index (χ0v) is 7.53. The van der Waals surface area contributed by atoms with Crippen LogP contribution in [-0.2, 0) is 0 Å². The molecule has 0 bridgehead atoms. The van der Waals surface area contributed by atoms with Crippen LogP contribution in [0, 0.1) is 5.41 Å². The molecule has 0 aromatic rings. The first-order chi connectivity index (χ1) is 5.31. The largest absolute Gasteiger partial charge is 0.263 e. The van der Waals surface area contributed by atoms with Gasteiger partial charge in [0.15, 0.2) is 0 Å². The van der Waals surface area contributed by atoms with Gasteiger partial charge in [-0.1, -0.05) is 25.1 Å². The fourth-order valence-electron chi connectivity index (χ4n) is 1.53. The molecule has 0 spiro atoms. The molecule has 1 fully saturated rings. The molecule has 59 valence electrons. The lowest BCUT2D eigenvalue weighted by Gasteiger charge is -2.40. The molecule has 0 unspecified atom stereocenters. The Morgan fingerprint density at radius 1 is 1.55 bits per heavy atom. The number of hydrogen-bond acceptors (Lipinski definition) is 1. The van der Waals surface area contributed by atoms with Crippen LogP contribution in [0.3, 0.4) is 0 Å². The van der Waals surface area contributed by atoms with Crippen LogP contribution in [-0.4, -0.2) is 0 Å². The molecule has 11 heavy (non-hydrogen) atoms. The van der Waals surface area contributed by atoms with Crippen molar-refractivity contribution >= 4 is 11.8 Å². The molecule has 1 aliphatic heterocycles. The molecule has 1 saturated carbocycles. The standard InChI is InChI=1S/C9H12NS/c1-9(3-2-4-9)8-7-10-5-6-11-8/h5-7H,2-4H2,1H3. The van der Waals surface area contributed by atoms with Gasteiger partial charge in [0.05, 0.1) is 0 Å². The summed E-state index contributed by atoms with van der Waals surface area (Å²) in [5.41, 5.74) is 0.471. The number of rotatable bonds is 1. The lowest BCUT2D eigenvalue weighted by Crippen LogP contribution is -2.27. The second kappa shape index (κ2) is 2.59. The molecule has 0 saturated heterocycles. The quantitative estimate of drug-likeness (QED) is 0.584. The van der Waals surface area contributed by atoms with E-state index in [1.807, 2.05) is 24.2 Å². The van der Waals surface area contributed by atoms with Crippen molar-refractivity contribution in [2.75, 3.05) is 0 Å². The SMILES string of the molecule is CC1(C2=C[N]C=CS2)CCC1. The van der Waals surface area contributed by atoms with Gasteiger partial charge in [-0.3, -0.25) is 5.32 Å². The van der Waals surface area contributed by atoms with E-state index >= 15 is 0 Å². The summed E-state index contributed by atoms with van der Waals surface area (Å²) in [7, 11) is 0. The molecule has 2 rings (SSSR count). The van der Waals surface area contributed by atoms with E-state index in [9.17, 15) is 0 Å². The van der Waals surface area contributed by atoms with E-state index in [4.69, 9.17) is 0 Å². The molecular formula is C9H12NS. The van der Waals surface area contributed by atoms with Crippen LogP contribution >= 0.6 is 11.8 Å². The molecule has 0 N–H and O–H groups in total. The first kappa shape index (κ1) is 7.29. The van der Waals surface area contributed by atoms with E-state index in [1.165, 1.54) is 24.2 Å². The fourth-order valence-corrected chi connectivity index (χ4v) is 2.42. The molecule has 1 nitrogen and oxygen atoms in total. The van der Waals surface area contributed by atoms with Gasteiger partial charge in [-0.2, -0.15) is 0 Å². The summed E-state index contributed by atoms with van der Waals surface area (Å²) in [5.74, 6) is 0. The Kier molecular flexibility index (Phi) is 1.72. The zero-order chi connectivity index (χ0) is 7.73. The number of allylic oxidation sites excluding steroid dienone is 1. The maximum atomic E-state index is 4.14. The minimum Gasteiger partial charge on any atom is -0.263 e. The maximum absolute atomic E-state index is 4.14. The number of nitrogens with zero attached hydrogens (tertiary/aromatic N) is 1. The molecule has 2 heteroatoms. The van der Waals surface area contributed by atoms with Crippen molar-refractivity contribution in [1.29, 1.82) is 0 Å². The normalized spacial score (nSPS) is 26.8. The summed E-state index contributed by atoms with van der Waals surface area (Å²) in [6, 6.07) is 0. The van der Waals surface area contributed by atoms with Gasteiger partial charge in [0.1, 0.15) is 0 Å². The predicted molar refractivity (Wildman–Crippen MR) is 48.9 cm³/mol. The third-order valence-corrected chi connectivity index (χ3v) is 3.70. The molecule has 0 aromatic carbocycles. The minimum atomic E-state index is 0.471. The van der Waals surface area contributed by atoms with Gasteiger partial charge in [-0.05, 0) is 18.2 Å². The number of thioether (sulfide) groups is 1. The van der Waals surface area contributed by atoms with Crippen molar-refractivity contribution in [3.8, 4) is 0 Å².